The molecule has 0 atom stereocenters. The van der Waals surface area contributed by atoms with Gasteiger partial charge >= 0.3 is 0 Å². The van der Waals surface area contributed by atoms with Gasteiger partial charge in [0.2, 0.25) is 10.0 Å². The van der Waals surface area contributed by atoms with Crippen molar-refractivity contribution in [3.8, 4) is 0 Å². The molecule has 0 spiro atoms. The van der Waals surface area contributed by atoms with Gasteiger partial charge < -0.3 is 0 Å². The number of sulfonamides is 1. The van der Waals surface area contributed by atoms with Crippen LogP contribution in [0.3, 0.4) is 0 Å². The fourth-order valence-corrected chi connectivity index (χ4v) is 4.99. The van der Waals surface area contributed by atoms with E-state index >= 15 is 0 Å². The van der Waals surface area contributed by atoms with E-state index in [0.717, 1.165) is 38.9 Å². The summed E-state index contributed by atoms with van der Waals surface area (Å²) in [7, 11) is -3.00. The summed E-state index contributed by atoms with van der Waals surface area (Å²) in [4.78, 5) is 7.66. The Balaban J connectivity index is 1.59. The average Bonchev–Trinajstić information content (AvgIpc) is 3.15. The molecule has 3 rings (SSSR count). The van der Waals surface area contributed by atoms with Crippen LogP contribution < -0.4 is 0 Å². The molecule has 7 heteroatoms. The molecule has 2 aliphatic rings. The molecule has 0 bridgehead atoms. The summed E-state index contributed by atoms with van der Waals surface area (Å²) in [6.45, 7) is 4.00. The molecule has 1 aromatic rings. The monoisotopic (exact) mass is 301 g/mol. The molecule has 0 unspecified atom stereocenters. The average molecular weight is 301 g/mol. The zero-order chi connectivity index (χ0) is 13.3. The second-order valence-corrected chi connectivity index (χ2v) is 8.42. The maximum absolute atomic E-state index is 12.2. The van der Waals surface area contributed by atoms with Gasteiger partial charge in [-0.15, -0.1) is 11.3 Å². The lowest BCUT2D eigenvalue weighted by Crippen LogP contribution is -2.37. The lowest BCUT2D eigenvalue weighted by atomic mass is 10.4. The van der Waals surface area contributed by atoms with Crippen LogP contribution in [0.4, 0.5) is 0 Å². The molecule has 5 nitrogen and oxygen atoms in total. The largest absolute Gasteiger partial charge is 0.297 e. The lowest BCUT2D eigenvalue weighted by molar-refractivity contribution is 0.281. The predicted molar refractivity (Wildman–Crippen MR) is 75.5 cm³/mol. The van der Waals surface area contributed by atoms with Gasteiger partial charge in [0.25, 0.3) is 0 Å². The van der Waals surface area contributed by atoms with Crippen LogP contribution in [0.15, 0.2) is 11.7 Å². The van der Waals surface area contributed by atoms with Gasteiger partial charge in [0.05, 0.1) is 10.8 Å². The normalized spacial score (nSPS) is 23.4. The molecular weight excluding hydrogens is 282 g/mol. The summed E-state index contributed by atoms with van der Waals surface area (Å²) in [5.74, 6) is 0. The van der Waals surface area contributed by atoms with Crippen molar-refractivity contribution in [2.45, 2.75) is 31.1 Å². The molecule has 1 saturated heterocycles. The number of hydrogen-bond donors (Lipinski definition) is 0. The minimum absolute atomic E-state index is 0.0828. The van der Waals surface area contributed by atoms with Crippen molar-refractivity contribution >= 4 is 21.4 Å². The van der Waals surface area contributed by atoms with Crippen molar-refractivity contribution in [3.63, 3.8) is 0 Å². The van der Waals surface area contributed by atoms with E-state index < -0.39 is 10.0 Å². The second-order valence-electron chi connectivity index (χ2n) is 5.24. The van der Waals surface area contributed by atoms with E-state index in [1.165, 1.54) is 4.88 Å². The fraction of sp³-hybridized carbons (Fsp3) is 0.750. The number of thiazole rings is 1. The highest BCUT2D eigenvalue weighted by atomic mass is 32.2. The van der Waals surface area contributed by atoms with E-state index in [-0.39, 0.29) is 5.25 Å². The van der Waals surface area contributed by atoms with E-state index in [0.29, 0.717) is 13.1 Å². The highest BCUT2D eigenvalue weighted by Gasteiger charge is 2.40. The number of aromatic nitrogens is 1. The van der Waals surface area contributed by atoms with E-state index in [1.807, 2.05) is 11.7 Å². The minimum atomic E-state index is -3.00. The molecule has 0 N–H and O–H groups in total. The van der Waals surface area contributed by atoms with Crippen molar-refractivity contribution < 1.29 is 8.42 Å². The van der Waals surface area contributed by atoms with Crippen LogP contribution in [0, 0.1) is 0 Å². The quantitative estimate of drug-likeness (QED) is 0.837. The molecule has 2 fully saturated rings. The molecule has 19 heavy (non-hydrogen) atoms. The molecule has 0 aromatic carbocycles. The number of hydrogen-bond acceptors (Lipinski definition) is 5. The summed E-state index contributed by atoms with van der Waals surface area (Å²) in [6, 6.07) is 0. The Morgan fingerprint density at radius 1 is 1.26 bits per heavy atom. The van der Waals surface area contributed by atoms with Gasteiger partial charge in [-0.05, 0) is 25.8 Å². The topological polar surface area (TPSA) is 53.5 Å². The molecule has 1 saturated carbocycles. The maximum Gasteiger partial charge on any atom is 0.217 e. The van der Waals surface area contributed by atoms with Crippen LogP contribution in [0.5, 0.6) is 0 Å². The van der Waals surface area contributed by atoms with Crippen LogP contribution >= 0.6 is 11.3 Å². The Kier molecular flexibility index (Phi) is 3.88. The Morgan fingerprint density at radius 2 is 2.11 bits per heavy atom. The molecule has 1 aliphatic heterocycles. The Morgan fingerprint density at radius 3 is 2.79 bits per heavy atom. The van der Waals surface area contributed by atoms with E-state index in [1.54, 1.807) is 15.6 Å². The molecular formula is C12H19N3O2S2. The third-order valence-corrected chi connectivity index (χ3v) is 6.88. The van der Waals surface area contributed by atoms with Crippen molar-refractivity contribution in [2.24, 2.45) is 0 Å². The Labute approximate surface area is 118 Å². The highest BCUT2D eigenvalue weighted by molar-refractivity contribution is 7.90. The highest BCUT2D eigenvalue weighted by Crippen LogP contribution is 2.31. The van der Waals surface area contributed by atoms with Crippen molar-refractivity contribution in [2.75, 3.05) is 26.2 Å². The molecule has 1 aliphatic carbocycles. The molecule has 2 heterocycles. The zero-order valence-electron chi connectivity index (χ0n) is 10.9. The van der Waals surface area contributed by atoms with E-state index in [4.69, 9.17) is 0 Å². The third kappa shape index (κ3) is 3.16. The zero-order valence-corrected chi connectivity index (χ0v) is 12.5. The van der Waals surface area contributed by atoms with Crippen LogP contribution in [-0.4, -0.2) is 54.0 Å². The first-order chi connectivity index (χ1) is 9.16. The second kappa shape index (κ2) is 5.47. The third-order valence-electron chi connectivity index (χ3n) is 3.72. The predicted octanol–water partition coefficient (Wildman–Crippen LogP) is 1.14. The van der Waals surface area contributed by atoms with Crippen LogP contribution in [0.25, 0.3) is 0 Å². The molecule has 0 amide bonds. The maximum atomic E-state index is 12.2. The first kappa shape index (κ1) is 13.5. The summed E-state index contributed by atoms with van der Waals surface area (Å²) >= 11 is 1.66. The Hall–Kier alpha value is -0.500. The van der Waals surface area contributed by atoms with Crippen molar-refractivity contribution in [3.05, 3.63) is 16.6 Å². The number of nitrogens with zero attached hydrogens (tertiary/aromatic N) is 3. The van der Waals surface area contributed by atoms with Crippen LogP contribution in [-0.2, 0) is 16.6 Å². The first-order valence-electron chi connectivity index (χ1n) is 6.75. The van der Waals surface area contributed by atoms with Gasteiger partial charge in [-0.25, -0.2) is 12.7 Å². The van der Waals surface area contributed by atoms with Gasteiger partial charge in [-0.1, -0.05) is 0 Å². The van der Waals surface area contributed by atoms with Gasteiger partial charge in [0, 0.05) is 37.3 Å². The van der Waals surface area contributed by atoms with Gasteiger partial charge in [0.15, 0.2) is 0 Å². The minimum Gasteiger partial charge on any atom is -0.297 e. The Bertz CT molecular complexity index is 511. The van der Waals surface area contributed by atoms with Gasteiger partial charge in [0.1, 0.15) is 0 Å². The van der Waals surface area contributed by atoms with Crippen molar-refractivity contribution in [1.82, 2.24) is 14.2 Å². The van der Waals surface area contributed by atoms with E-state index in [2.05, 4.69) is 9.88 Å². The van der Waals surface area contributed by atoms with Gasteiger partial charge in [-0.3, -0.25) is 9.88 Å². The standard InChI is InChI=1S/C12H19N3O2S2/c16-19(17,12-2-3-12)15-5-1-4-14(6-7-15)9-11-8-13-10-18-11/h8,10,12H,1-7,9H2. The number of rotatable bonds is 4. The first-order valence-corrected chi connectivity index (χ1v) is 9.13. The summed E-state index contributed by atoms with van der Waals surface area (Å²) in [5, 5.41) is -0.0828. The summed E-state index contributed by atoms with van der Waals surface area (Å²) < 4.78 is 26.2. The van der Waals surface area contributed by atoms with Crippen LogP contribution in [0.1, 0.15) is 24.1 Å². The van der Waals surface area contributed by atoms with Crippen LogP contribution in [0.2, 0.25) is 0 Å². The molecule has 0 radical (unpaired) electrons. The summed E-state index contributed by atoms with van der Waals surface area (Å²) in [5.41, 5.74) is 1.84. The SMILES string of the molecule is O=S(=O)(C1CC1)N1CCCN(Cc2cncs2)CC1. The smallest absolute Gasteiger partial charge is 0.217 e. The molecule has 106 valence electrons. The summed E-state index contributed by atoms with van der Waals surface area (Å²) in [6.07, 6.45) is 4.52. The lowest BCUT2D eigenvalue weighted by Gasteiger charge is -2.21. The van der Waals surface area contributed by atoms with E-state index in [9.17, 15) is 8.42 Å². The molecule has 1 aromatic heterocycles. The van der Waals surface area contributed by atoms with Crippen molar-refractivity contribution in [1.29, 1.82) is 0 Å². The fourth-order valence-electron chi connectivity index (χ4n) is 2.48. The van der Waals surface area contributed by atoms with Gasteiger partial charge in [-0.2, -0.15) is 0 Å².